The fraction of sp³-hybridized carbons (Fsp3) is 0.235. The topological polar surface area (TPSA) is 58.6 Å². The molecule has 0 aliphatic heterocycles. The standard InChI is InChI=1S/C17H16F3NO3/c1-2-16(23)21-10-12-5-3-4-6-13(12)11-7-8-14(22)15(9-11)24-17(18,19)20/h3-9,22H,2,10H2,1H3,(H,21,23). The largest absolute Gasteiger partial charge is 0.573 e. The number of nitrogens with one attached hydrogen (secondary N) is 1. The lowest BCUT2D eigenvalue weighted by atomic mass is 9.99. The van der Waals surface area contributed by atoms with Gasteiger partial charge in [-0.2, -0.15) is 0 Å². The molecule has 0 saturated carbocycles. The van der Waals surface area contributed by atoms with Gasteiger partial charge in [0.1, 0.15) is 0 Å². The lowest BCUT2D eigenvalue weighted by molar-refractivity contribution is -0.275. The Bertz CT molecular complexity index is 729. The van der Waals surface area contributed by atoms with Gasteiger partial charge in [-0.15, -0.1) is 13.2 Å². The van der Waals surface area contributed by atoms with E-state index >= 15 is 0 Å². The van der Waals surface area contributed by atoms with Crippen molar-refractivity contribution in [1.29, 1.82) is 0 Å². The molecule has 0 unspecified atom stereocenters. The number of rotatable bonds is 5. The second-order valence-corrected chi connectivity index (χ2v) is 5.02. The van der Waals surface area contributed by atoms with Crippen molar-refractivity contribution in [1.82, 2.24) is 5.32 Å². The van der Waals surface area contributed by atoms with Crippen LogP contribution in [0.1, 0.15) is 18.9 Å². The molecule has 7 heteroatoms. The van der Waals surface area contributed by atoms with Gasteiger partial charge in [0, 0.05) is 13.0 Å². The van der Waals surface area contributed by atoms with Crippen LogP contribution in [-0.4, -0.2) is 17.4 Å². The second kappa shape index (κ2) is 7.25. The van der Waals surface area contributed by atoms with Crippen LogP contribution in [0.2, 0.25) is 0 Å². The monoisotopic (exact) mass is 339 g/mol. The summed E-state index contributed by atoms with van der Waals surface area (Å²) in [5.74, 6) is -1.41. The number of alkyl halides is 3. The number of aromatic hydroxyl groups is 1. The first-order valence-corrected chi connectivity index (χ1v) is 7.24. The maximum atomic E-state index is 12.4. The molecule has 4 nitrogen and oxygen atoms in total. The molecule has 2 N–H and O–H groups in total. The summed E-state index contributed by atoms with van der Waals surface area (Å²) in [6, 6.07) is 10.7. The predicted octanol–water partition coefficient (Wildman–Crippen LogP) is 3.98. The molecule has 0 fully saturated rings. The normalized spacial score (nSPS) is 11.2. The summed E-state index contributed by atoms with van der Waals surface area (Å²) in [4.78, 5) is 11.4. The highest BCUT2D eigenvalue weighted by Crippen LogP contribution is 2.36. The quantitative estimate of drug-likeness (QED) is 0.866. The maximum Gasteiger partial charge on any atom is 0.573 e. The van der Waals surface area contributed by atoms with E-state index in [-0.39, 0.29) is 12.5 Å². The Hall–Kier alpha value is -2.70. The summed E-state index contributed by atoms with van der Waals surface area (Å²) in [7, 11) is 0. The number of phenols is 1. The van der Waals surface area contributed by atoms with Crippen LogP contribution >= 0.6 is 0 Å². The predicted molar refractivity (Wildman–Crippen MR) is 82.4 cm³/mol. The van der Waals surface area contributed by atoms with E-state index in [2.05, 4.69) is 10.1 Å². The molecule has 0 aromatic heterocycles. The highest BCUT2D eigenvalue weighted by molar-refractivity contribution is 5.76. The minimum Gasteiger partial charge on any atom is -0.504 e. The number of ether oxygens (including phenoxy) is 1. The molecule has 0 spiro atoms. The third-order valence-corrected chi connectivity index (χ3v) is 3.31. The Balaban J connectivity index is 2.35. The van der Waals surface area contributed by atoms with Crippen LogP contribution in [0.4, 0.5) is 13.2 Å². The van der Waals surface area contributed by atoms with Crippen LogP contribution in [0.25, 0.3) is 11.1 Å². The summed E-state index contributed by atoms with van der Waals surface area (Å²) in [5.41, 5.74) is 1.82. The zero-order valence-electron chi connectivity index (χ0n) is 12.9. The van der Waals surface area contributed by atoms with Gasteiger partial charge in [-0.3, -0.25) is 4.79 Å². The first-order valence-electron chi connectivity index (χ1n) is 7.24. The summed E-state index contributed by atoms with van der Waals surface area (Å²) in [6.07, 6.45) is -4.56. The van der Waals surface area contributed by atoms with E-state index in [0.29, 0.717) is 17.5 Å². The molecule has 2 aromatic rings. The van der Waals surface area contributed by atoms with Gasteiger partial charge >= 0.3 is 6.36 Å². The van der Waals surface area contributed by atoms with Gasteiger partial charge in [0.15, 0.2) is 11.5 Å². The van der Waals surface area contributed by atoms with Gasteiger partial charge < -0.3 is 15.2 Å². The van der Waals surface area contributed by atoms with Crippen molar-refractivity contribution in [3.63, 3.8) is 0 Å². The van der Waals surface area contributed by atoms with Crippen LogP contribution in [-0.2, 0) is 11.3 Å². The van der Waals surface area contributed by atoms with Crippen molar-refractivity contribution in [3.8, 4) is 22.6 Å². The van der Waals surface area contributed by atoms with Crippen molar-refractivity contribution < 1.29 is 27.8 Å². The number of carbonyl (C=O) groups is 1. The highest BCUT2D eigenvalue weighted by atomic mass is 19.4. The van der Waals surface area contributed by atoms with Crippen LogP contribution in [0, 0.1) is 0 Å². The molecule has 0 aliphatic rings. The molecule has 0 atom stereocenters. The Kier molecular flexibility index (Phi) is 5.33. The highest BCUT2D eigenvalue weighted by Gasteiger charge is 2.32. The van der Waals surface area contributed by atoms with E-state index in [1.54, 1.807) is 31.2 Å². The molecule has 0 radical (unpaired) electrons. The molecule has 1 amide bonds. The fourth-order valence-electron chi connectivity index (χ4n) is 2.16. The third kappa shape index (κ3) is 4.65. The Morgan fingerprint density at radius 1 is 1.21 bits per heavy atom. The summed E-state index contributed by atoms with van der Waals surface area (Å²) >= 11 is 0. The first-order chi connectivity index (χ1) is 11.3. The number of phenolic OH excluding ortho intramolecular Hbond substituents is 1. The van der Waals surface area contributed by atoms with Crippen molar-refractivity contribution in [2.45, 2.75) is 26.3 Å². The second-order valence-electron chi connectivity index (χ2n) is 5.02. The molecule has 0 heterocycles. The van der Waals surface area contributed by atoms with E-state index in [1.165, 1.54) is 6.07 Å². The van der Waals surface area contributed by atoms with Gasteiger partial charge in [0.05, 0.1) is 0 Å². The SMILES string of the molecule is CCC(=O)NCc1ccccc1-c1ccc(O)c(OC(F)(F)F)c1. The number of amides is 1. The van der Waals surface area contributed by atoms with Gasteiger partial charge in [0.25, 0.3) is 0 Å². The van der Waals surface area contributed by atoms with Gasteiger partial charge in [-0.1, -0.05) is 37.3 Å². The van der Waals surface area contributed by atoms with E-state index in [9.17, 15) is 23.1 Å². The van der Waals surface area contributed by atoms with E-state index in [4.69, 9.17) is 0 Å². The zero-order chi connectivity index (χ0) is 17.7. The Morgan fingerprint density at radius 3 is 2.58 bits per heavy atom. The minimum atomic E-state index is -4.90. The van der Waals surface area contributed by atoms with E-state index < -0.39 is 17.9 Å². The number of halogens is 3. The van der Waals surface area contributed by atoms with Crippen LogP contribution in [0.3, 0.4) is 0 Å². The van der Waals surface area contributed by atoms with E-state index in [1.807, 2.05) is 0 Å². The van der Waals surface area contributed by atoms with Crippen LogP contribution in [0.5, 0.6) is 11.5 Å². The molecule has 128 valence electrons. The molecule has 0 aliphatic carbocycles. The summed E-state index contributed by atoms with van der Waals surface area (Å²) < 4.78 is 41.0. The number of benzene rings is 2. The Morgan fingerprint density at radius 2 is 1.92 bits per heavy atom. The van der Waals surface area contributed by atoms with Gasteiger partial charge in [-0.25, -0.2) is 0 Å². The average Bonchev–Trinajstić information content (AvgIpc) is 2.53. The number of carbonyl (C=O) groups excluding carboxylic acids is 1. The molecule has 24 heavy (non-hydrogen) atoms. The maximum absolute atomic E-state index is 12.4. The van der Waals surface area contributed by atoms with Gasteiger partial charge in [0.2, 0.25) is 5.91 Å². The molecule has 2 aromatic carbocycles. The van der Waals surface area contributed by atoms with E-state index in [0.717, 1.165) is 17.7 Å². The van der Waals surface area contributed by atoms with Crippen molar-refractivity contribution in [2.24, 2.45) is 0 Å². The van der Waals surface area contributed by atoms with Crippen LogP contribution in [0.15, 0.2) is 42.5 Å². The van der Waals surface area contributed by atoms with Crippen molar-refractivity contribution >= 4 is 5.91 Å². The molecule has 0 saturated heterocycles. The molecule has 0 bridgehead atoms. The first kappa shape index (κ1) is 17.7. The number of hydrogen-bond donors (Lipinski definition) is 2. The lowest BCUT2D eigenvalue weighted by Crippen LogP contribution is -2.21. The fourth-order valence-corrected chi connectivity index (χ4v) is 2.16. The van der Waals surface area contributed by atoms with Crippen molar-refractivity contribution in [2.75, 3.05) is 0 Å². The number of hydrogen-bond acceptors (Lipinski definition) is 3. The lowest BCUT2D eigenvalue weighted by Gasteiger charge is -2.14. The molecular formula is C17H16F3NO3. The zero-order valence-corrected chi connectivity index (χ0v) is 12.9. The summed E-state index contributed by atoms with van der Waals surface area (Å²) in [5, 5.41) is 12.3. The summed E-state index contributed by atoms with van der Waals surface area (Å²) in [6.45, 7) is 1.97. The molecular weight excluding hydrogens is 323 g/mol. The molecule has 2 rings (SSSR count). The van der Waals surface area contributed by atoms with Gasteiger partial charge in [-0.05, 0) is 28.8 Å². The minimum absolute atomic E-state index is 0.128. The smallest absolute Gasteiger partial charge is 0.504 e. The third-order valence-electron chi connectivity index (χ3n) is 3.31. The average molecular weight is 339 g/mol. The van der Waals surface area contributed by atoms with Crippen molar-refractivity contribution in [3.05, 3.63) is 48.0 Å². The Labute approximate surface area is 136 Å². The van der Waals surface area contributed by atoms with Crippen LogP contribution < -0.4 is 10.1 Å².